The number of rotatable bonds is 5. The monoisotopic (exact) mass is 238 g/mol. The Labute approximate surface area is 103 Å². The number of benzene rings is 1. The molecule has 96 valence electrons. The van der Waals surface area contributed by atoms with Crippen LogP contribution in [0.25, 0.3) is 0 Å². The molecule has 0 heterocycles. The number of aliphatic hydroxyl groups excluding tert-OH is 2. The maximum absolute atomic E-state index is 9.70. The Morgan fingerprint density at radius 1 is 1.18 bits per heavy atom. The van der Waals surface area contributed by atoms with Crippen molar-refractivity contribution >= 4 is 0 Å². The van der Waals surface area contributed by atoms with Crippen LogP contribution in [0.1, 0.15) is 38.0 Å². The number of ether oxygens (including phenoxy) is 1. The smallest absolute Gasteiger partial charge is 0.125 e. The summed E-state index contributed by atoms with van der Waals surface area (Å²) in [4.78, 5) is 0. The molecule has 2 unspecified atom stereocenters. The maximum atomic E-state index is 9.70. The van der Waals surface area contributed by atoms with Crippen LogP contribution in [0.2, 0.25) is 0 Å². The van der Waals surface area contributed by atoms with E-state index in [9.17, 15) is 10.2 Å². The van der Waals surface area contributed by atoms with Gasteiger partial charge in [0.05, 0.1) is 12.2 Å². The molecule has 3 heteroatoms. The molecule has 1 aromatic rings. The molecule has 0 aliphatic rings. The molecular formula is C14H22O3. The Balaban J connectivity index is 2.78. The van der Waals surface area contributed by atoms with Crippen molar-refractivity contribution in [1.29, 1.82) is 0 Å². The SMILES string of the molecule is Cc1ccc(C(C)O)c(OCC(O)C(C)C)c1. The molecule has 2 atom stereocenters. The van der Waals surface area contributed by atoms with Crippen LogP contribution in [-0.2, 0) is 0 Å². The van der Waals surface area contributed by atoms with E-state index in [1.54, 1.807) is 6.92 Å². The van der Waals surface area contributed by atoms with E-state index < -0.39 is 12.2 Å². The zero-order chi connectivity index (χ0) is 13.0. The van der Waals surface area contributed by atoms with E-state index in [1.807, 2.05) is 39.0 Å². The first-order valence-electron chi connectivity index (χ1n) is 6.01. The molecule has 0 fully saturated rings. The van der Waals surface area contributed by atoms with Gasteiger partial charge in [0.15, 0.2) is 0 Å². The largest absolute Gasteiger partial charge is 0.490 e. The minimum absolute atomic E-state index is 0.162. The van der Waals surface area contributed by atoms with Crippen molar-refractivity contribution in [3.8, 4) is 5.75 Å². The molecule has 0 aromatic heterocycles. The van der Waals surface area contributed by atoms with E-state index in [2.05, 4.69) is 0 Å². The fourth-order valence-corrected chi connectivity index (χ4v) is 1.48. The lowest BCUT2D eigenvalue weighted by Gasteiger charge is -2.18. The van der Waals surface area contributed by atoms with Gasteiger partial charge in [0.25, 0.3) is 0 Å². The Morgan fingerprint density at radius 2 is 1.82 bits per heavy atom. The lowest BCUT2D eigenvalue weighted by molar-refractivity contribution is 0.0682. The van der Waals surface area contributed by atoms with E-state index >= 15 is 0 Å². The average Bonchev–Trinajstić information content (AvgIpc) is 2.25. The van der Waals surface area contributed by atoms with Crippen molar-refractivity contribution in [2.45, 2.75) is 39.9 Å². The Morgan fingerprint density at radius 3 is 2.35 bits per heavy atom. The van der Waals surface area contributed by atoms with Gasteiger partial charge >= 0.3 is 0 Å². The van der Waals surface area contributed by atoms with Gasteiger partial charge < -0.3 is 14.9 Å². The molecule has 0 radical (unpaired) electrons. The van der Waals surface area contributed by atoms with Crippen molar-refractivity contribution < 1.29 is 14.9 Å². The minimum atomic E-state index is -0.568. The topological polar surface area (TPSA) is 49.7 Å². The van der Waals surface area contributed by atoms with Crippen molar-refractivity contribution in [1.82, 2.24) is 0 Å². The maximum Gasteiger partial charge on any atom is 0.125 e. The number of aliphatic hydroxyl groups is 2. The molecule has 0 saturated carbocycles. The first kappa shape index (κ1) is 14.0. The first-order chi connectivity index (χ1) is 7.91. The van der Waals surface area contributed by atoms with Crippen LogP contribution in [0.3, 0.4) is 0 Å². The molecule has 0 aliphatic heterocycles. The van der Waals surface area contributed by atoms with E-state index in [4.69, 9.17) is 4.74 Å². The van der Waals surface area contributed by atoms with Crippen LogP contribution in [0, 0.1) is 12.8 Å². The molecule has 0 aliphatic carbocycles. The molecule has 17 heavy (non-hydrogen) atoms. The summed E-state index contributed by atoms with van der Waals surface area (Å²) in [5.41, 5.74) is 1.83. The normalized spacial score (nSPS) is 14.8. The Hall–Kier alpha value is -1.06. The zero-order valence-electron chi connectivity index (χ0n) is 11.0. The molecule has 0 bridgehead atoms. The van der Waals surface area contributed by atoms with Crippen molar-refractivity contribution in [2.75, 3.05) is 6.61 Å². The fraction of sp³-hybridized carbons (Fsp3) is 0.571. The molecule has 1 aromatic carbocycles. The van der Waals surface area contributed by atoms with E-state index in [1.165, 1.54) is 0 Å². The van der Waals surface area contributed by atoms with Gasteiger partial charge in [-0.3, -0.25) is 0 Å². The molecule has 3 nitrogen and oxygen atoms in total. The van der Waals surface area contributed by atoms with E-state index in [-0.39, 0.29) is 12.5 Å². The van der Waals surface area contributed by atoms with Crippen LogP contribution in [-0.4, -0.2) is 22.9 Å². The average molecular weight is 238 g/mol. The Kier molecular flexibility index (Phi) is 4.97. The second-order valence-corrected chi connectivity index (χ2v) is 4.84. The molecule has 0 amide bonds. The lowest BCUT2D eigenvalue weighted by atomic mass is 10.1. The molecular weight excluding hydrogens is 216 g/mol. The van der Waals surface area contributed by atoms with Gasteiger partial charge in [-0.25, -0.2) is 0 Å². The molecule has 1 rings (SSSR count). The highest BCUT2D eigenvalue weighted by Crippen LogP contribution is 2.26. The van der Waals surface area contributed by atoms with E-state index in [0.29, 0.717) is 5.75 Å². The summed E-state index contributed by atoms with van der Waals surface area (Å²) >= 11 is 0. The van der Waals surface area contributed by atoms with Crippen LogP contribution in [0.4, 0.5) is 0 Å². The third kappa shape index (κ3) is 4.02. The standard InChI is InChI=1S/C14H22O3/c1-9(2)13(16)8-17-14-7-10(3)5-6-12(14)11(4)15/h5-7,9,11,13,15-16H,8H2,1-4H3. The summed E-state index contributed by atoms with van der Waals surface area (Å²) in [5.74, 6) is 0.814. The molecule has 2 N–H and O–H groups in total. The predicted molar refractivity (Wildman–Crippen MR) is 68.2 cm³/mol. The zero-order valence-corrected chi connectivity index (χ0v) is 11.0. The van der Waals surface area contributed by atoms with Crippen LogP contribution >= 0.6 is 0 Å². The van der Waals surface area contributed by atoms with Crippen molar-refractivity contribution in [3.05, 3.63) is 29.3 Å². The summed E-state index contributed by atoms with van der Waals surface area (Å²) in [5, 5.41) is 19.3. The quantitative estimate of drug-likeness (QED) is 0.828. The Bertz CT molecular complexity index is 358. The van der Waals surface area contributed by atoms with Gasteiger partial charge in [-0.05, 0) is 31.4 Å². The van der Waals surface area contributed by atoms with Gasteiger partial charge in [0.1, 0.15) is 12.4 Å². The number of hydrogen-bond donors (Lipinski definition) is 2. The van der Waals surface area contributed by atoms with Crippen LogP contribution in [0.15, 0.2) is 18.2 Å². The molecule has 0 spiro atoms. The summed E-state index contributed by atoms with van der Waals surface area (Å²) in [6, 6.07) is 5.68. The van der Waals surface area contributed by atoms with Gasteiger partial charge in [0, 0.05) is 5.56 Å². The lowest BCUT2D eigenvalue weighted by Crippen LogP contribution is -2.23. The minimum Gasteiger partial charge on any atom is -0.490 e. The second-order valence-electron chi connectivity index (χ2n) is 4.84. The second kappa shape index (κ2) is 6.03. The van der Waals surface area contributed by atoms with Gasteiger partial charge in [-0.15, -0.1) is 0 Å². The third-order valence-corrected chi connectivity index (χ3v) is 2.80. The van der Waals surface area contributed by atoms with E-state index in [0.717, 1.165) is 11.1 Å². The first-order valence-corrected chi connectivity index (χ1v) is 6.01. The molecule has 0 saturated heterocycles. The fourth-order valence-electron chi connectivity index (χ4n) is 1.48. The highest BCUT2D eigenvalue weighted by atomic mass is 16.5. The number of aryl methyl sites for hydroxylation is 1. The van der Waals surface area contributed by atoms with Crippen LogP contribution in [0.5, 0.6) is 5.75 Å². The van der Waals surface area contributed by atoms with Gasteiger partial charge in [0.2, 0.25) is 0 Å². The third-order valence-electron chi connectivity index (χ3n) is 2.80. The van der Waals surface area contributed by atoms with Gasteiger partial charge in [-0.2, -0.15) is 0 Å². The summed E-state index contributed by atoms with van der Waals surface area (Å²) in [6.45, 7) is 7.81. The number of hydrogen-bond acceptors (Lipinski definition) is 3. The highest BCUT2D eigenvalue weighted by Gasteiger charge is 2.13. The van der Waals surface area contributed by atoms with Crippen molar-refractivity contribution in [2.24, 2.45) is 5.92 Å². The van der Waals surface area contributed by atoms with Crippen LogP contribution < -0.4 is 4.74 Å². The summed E-state index contributed by atoms with van der Waals surface area (Å²) in [7, 11) is 0. The van der Waals surface area contributed by atoms with Gasteiger partial charge in [-0.1, -0.05) is 26.0 Å². The summed E-state index contributed by atoms with van der Waals surface area (Å²) in [6.07, 6.45) is -1.06. The van der Waals surface area contributed by atoms with Crippen molar-refractivity contribution in [3.63, 3.8) is 0 Å². The predicted octanol–water partition coefficient (Wildman–Crippen LogP) is 2.44. The highest BCUT2D eigenvalue weighted by molar-refractivity contribution is 5.38. The summed E-state index contributed by atoms with van der Waals surface area (Å²) < 4.78 is 5.59.